The molecule has 3 N–H and O–H groups in total. The Hall–Kier alpha value is -3.38. The van der Waals surface area contributed by atoms with Crippen molar-refractivity contribution >= 4 is 11.5 Å². The van der Waals surface area contributed by atoms with E-state index in [-0.39, 0.29) is 12.5 Å². The van der Waals surface area contributed by atoms with E-state index in [9.17, 15) is 4.79 Å². The number of carboxylic acids is 1. The van der Waals surface area contributed by atoms with Crippen LogP contribution in [-0.2, 0) is 16.1 Å². The third-order valence-electron chi connectivity index (χ3n) is 5.06. The Morgan fingerprint density at radius 2 is 1.70 bits per heavy atom. The molecule has 1 aromatic heterocycles. The van der Waals surface area contributed by atoms with Gasteiger partial charge in [0.1, 0.15) is 5.76 Å². The molecule has 1 unspecified atom stereocenters. The van der Waals surface area contributed by atoms with Crippen LogP contribution in [0.15, 0.2) is 85.1 Å². The van der Waals surface area contributed by atoms with E-state index in [0.717, 1.165) is 17.6 Å². The minimum absolute atomic E-state index is 0.0738. The van der Waals surface area contributed by atoms with E-state index in [1.807, 2.05) is 54.7 Å². The fourth-order valence-corrected chi connectivity index (χ4v) is 3.62. The standard InChI is InChI=1S/C24H27N3O3/c25-30-22(13-7-8-14-23(28)29)24(20-11-5-2-6-12-20)21(27-16-15-26-18-27)17-19-9-3-1-4-10-19/h1-6,9-12,15-16,18,21H,7-8,13-14,17,25H2,(H,28,29). The predicted octanol–water partition coefficient (Wildman–Crippen LogP) is 4.61. The first-order valence-corrected chi connectivity index (χ1v) is 10.1. The number of hydrogen-bond donors (Lipinski definition) is 2. The average molecular weight is 405 g/mol. The number of benzene rings is 2. The molecule has 0 fully saturated rings. The summed E-state index contributed by atoms with van der Waals surface area (Å²) in [5.41, 5.74) is 3.19. The van der Waals surface area contributed by atoms with Crippen molar-refractivity contribution in [1.82, 2.24) is 9.55 Å². The van der Waals surface area contributed by atoms with Crippen molar-refractivity contribution in [1.29, 1.82) is 0 Å². The third-order valence-corrected chi connectivity index (χ3v) is 5.06. The van der Waals surface area contributed by atoms with Crippen molar-refractivity contribution in [3.63, 3.8) is 0 Å². The molecule has 1 heterocycles. The van der Waals surface area contributed by atoms with Gasteiger partial charge in [0.2, 0.25) is 0 Å². The molecule has 0 spiro atoms. The van der Waals surface area contributed by atoms with Crippen molar-refractivity contribution < 1.29 is 14.7 Å². The maximum Gasteiger partial charge on any atom is 0.303 e. The average Bonchev–Trinajstić information content (AvgIpc) is 3.31. The highest BCUT2D eigenvalue weighted by molar-refractivity contribution is 5.71. The molecular formula is C24H27N3O3. The van der Waals surface area contributed by atoms with Gasteiger partial charge in [-0.1, -0.05) is 60.7 Å². The number of aromatic nitrogens is 2. The van der Waals surface area contributed by atoms with E-state index in [1.54, 1.807) is 12.5 Å². The Kier molecular flexibility index (Phi) is 7.80. The maximum atomic E-state index is 10.9. The predicted molar refractivity (Wildman–Crippen MR) is 116 cm³/mol. The summed E-state index contributed by atoms with van der Waals surface area (Å²) < 4.78 is 2.06. The van der Waals surface area contributed by atoms with Crippen molar-refractivity contribution in [2.45, 2.75) is 38.1 Å². The van der Waals surface area contributed by atoms with Gasteiger partial charge in [-0.25, -0.2) is 4.98 Å². The number of imidazole rings is 1. The van der Waals surface area contributed by atoms with Gasteiger partial charge in [-0.2, -0.15) is 5.90 Å². The summed E-state index contributed by atoms with van der Waals surface area (Å²) in [6.07, 6.45) is 8.18. The number of allylic oxidation sites excluding steroid dienone is 2. The van der Waals surface area contributed by atoms with E-state index in [4.69, 9.17) is 15.8 Å². The first-order chi connectivity index (χ1) is 14.7. The number of unbranched alkanes of at least 4 members (excludes halogenated alkanes) is 1. The van der Waals surface area contributed by atoms with Crippen LogP contribution in [0, 0.1) is 0 Å². The lowest BCUT2D eigenvalue weighted by Gasteiger charge is -2.25. The monoisotopic (exact) mass is 405 g/mol. The van der Waals surface area contributed by atoms with E-state index in [0.29, 0.717) is 25.0 Å². The quantitative estimate of drug-likeness (QED) is 0.276. The molecule has 6 nitrogen and oxygen atoms in total. The van der Waals surface area contributed by atoms with Gasteiger partial charge in [0, 0.05) is 30.8 Å². The first kappa shape index (κ1) is 21.3. The smallest absolute Gasteiger partial charge is 0.303 e. The summed E-state index contributed by atoms with van der Waals surface area (Å²) in [4.78, 5) is 20.5. The Balaban J connectivity index is 2.01. The Morgan fingerprint density at radius 1 is 1.03 bits per heavy atom. The zero-order valence-electron chi connectivity index (χ0n) is 16.9. The van der Waals surface area contributed by atoms with Crippen LogP contribution < -0.4 is 5.90 Å². The van der Waals surface area contributed by atoms with Crippen LogP contribution in [0.4, 0.5) is 0 Å². The SMILES string of the molecule is NOC(CCCCC(=O)O)=C(c1ccccc1)C(Cc1ccccc1)n1ccnc1. The van der Waals surface area contributed by atoms with Crippen LogP contribution in [0.2, 0.25) is 0 Å². The number of hydrogen-bond acceptors (Lipinski definition) is 4. The van der Waals surface area contributed by atoms with E-state index < -0.39 is 5.97 Å². The lowest BCUT2D eigenvalue weighted by atomic mass is 9.90. The third kappa shape index (κ3) is 5.81. The second kappa shape index (κ2) is 11.0. The number of rotatable bonds is 11. The van der Waals surface area contributed by atoms with Gasteiger partial charge in [-0.05, 0) is 30.4 Å². The maximum absolute atomic E-state index is 10.9. The highest BCUT2D eigenvalue weighted by Crippen LogP contribution is 2.35. The molecule has 3 aromatic rings. The van der Waals surface area contributed by atoms with Gasteiger partial charge in [0.05, 0.1) is 12.4 Å². The molecule has 0 aliphatic carbocycles. The first-order valence-electron chi connectivity index (χ1n) is 10.1. The largest absolute Gasteiger partial charge is 0.481 e. The van der Waals surface area contributed by atoms with Gasteiger partial charge in [-0.3, -0.25) is 4.79 Å². The molecule has 1 atom stereocenters. The van der Waals surface area contributed by atoms with Gasteiger partial charge < -0.3 is 14.5 Å². The molecule has 0 saturated heterocycles. The molecule has 0 aliphatic heterocycles. The van der Waals surface area contributed by atoms with Crippen LogP contribution in [0.1, 0.15) is 42.9 Å². The van der Waals surface area contributed by atoms with Crippen molar-refractivity contribution in [3.05, 3.63) is 96.3 Å². The van der Waals surface area contributed by atoms with Gasteiger partial charge >= 0.3 is 5.97 Å². The lowest BCUT2D eigenvalue weighted by molar-refractivity contribution is -0.137. The second-order valence-electron chi connectivity index (χ2n) is 7.14. The number of aliphatic carboxylic acids is 1. The van der Waals surface area contributed by atoms with Crippen LogP contribution in [0.3, 0.4) is 0 Å². The van der Waals surface area contributed by atoms with Crippen molar-refractivity contribution in [3.8, 4) is 0 Å². The van der Waals surface area contributed by atoms with Crippen LogP contribution in [0.5, 0.6) is 0 Å². The number of nitrogens with zero attached hydrogens (tertiary/aromatic N) is 2. The Labute approximate surface area is 176 Å². The Morgan fingerprint density at radius 3 is 2.30 bits per heavy atom. The minimum Gasteiger partial charge on any atom is -0.481 e. The van der Waals surface area contributed by atoms with E-state index in [2.05, 4.69) is 21.7 Å². The zero-order valence-corrected chi connectivity index (χ0v) is 16.9. The van der Waals surface area contributed by atoms with Crippen molar-refractivity contribution in [2.24, 2.45) is 5.90 Å². The molecule has 3 rings (SSSR count). The molecule has 0 aliphatic rings. The molecule has 0 amide bonds. The highest BCUT2D eigenvalue weighted by atomic mass is 16.6. The Bertz CT molecular complexity index is 938. The summed E-state index contributed by atoms with van der Waals surface area (Å²) in [6, 6.07) is 20.2. The van der Waals surface area contributed by atoms with Gasteiger partial charge in [-0.15, -0.1) is 0 Å². The molecule has 0 radical (unpaired) electrons. The van der Waals surface area contributed by atoms with Crippen LogP contribution in [-0.4, -0.2) is 20.6 Å². The fraction of sp³-hybridized carbons (Fsp3) is 0.250. The van der Waals surface area contributed by atoms with Crippen molar-refractivity contribution in [2.75, 3.05) is 0 Å². The summed E-state index contributed by atoms with van der Waals surface area (Å²) in [5.74, 6) is 5.61. The highest BCUT2D eigenvalue weighted by Gasteiger charge is 2.23. The summed E-state index contributed by atoms with van der Waals surface area (Å²) in [6.45, 7) is 0. The molecule has 156 valence electrons. The molecule has 2 aromatic carbocycles. The summed E-state index contributed by atoms with van der Waals surface area (Å²) in [5, 5.41) is 8.92. The van der Waals surface area contributed by atoms with E-state index in [1.165, 1.54) is 5.56 Å². The molecular weight excluding hydrogens is 378 g/mol. The fourth-order valence-electron chi connectivity index (χ4n) is 3.62. The van der Waals surface area contributed by atoms with E-state index >= 15 is 0 Å². The normalized spacial score (nSPS) is 12.8. The zero-order chi connectivity index (χ0) is 21.2. The summed E-state index contributed by atoms with van der Waals surface area (Å²) in [7, 11) is 0. The van der Waals surface area contributed by atoms with Crippen LogP contribution in [0.25, 0.3) is 5.57 Å². The molecule has 0 saturated carbocycles. The molecule has 0 bridgehead atoms. The number of nitrogens with two attached hydrogens (primary N) is 1. The minimum atomic E-state index is -0.794. The lowest BCUT2D eigenvalue weighted by Crippen LogP contribution is -2.17. The topological polar surface area (TPSA) is 90.4 Å². The van der Waals surface area contributed by atoms with Gasteiger partial charge in [0.25, 0.3) is 0 Å². The number of carbonyl (C=O) groups is 1. The van der Waals surface area contributed by atoms with Gasteiger partial charge in [0.15, 0.2) is 0 Å². The molecule has 6 heteroatoms. The molecule has 30 heavy (non-hydrogen) atoms. The second-order valence-corrected chi connectivity index (χ2v) is 7.14. The number of carboxylic acid groups (broad SMARTS) is 1. The summed E-state index contributed by atoms with van der Waals surface area (Å²) >= 11 is 0. The van der Waals surface area contributed by atoms with Crippen LogP contribution >= 0.6 is 0 Å².